The molecule has 0 bridgehead atoms. The van der Waals surface area contributed by atoms with Crippen LogP contribution in [0.3, 0.4) is 0 Å². The molecule has 0 spiro atoms. The van der Waals surface area contributed by atoms with Crippen LogP contribution in [0, 0.1) is 0 Å². The molecule has 0 unspecified atom stereocenters. The highest BCUT2D eigenvalue weighted by Gasteiger charge is 2.32. The minimum atomic E-state index is -2.72. The average molecular weight is 447 g/mol. The van der Waals surface area contributed by atoms with Crippen LogP contribution >= 0.6 is 0 Å². The van der Waals surface area contributed by atoms with Gasteiger partial charge in [0.05, 0.1) is 19.3 Å². The Kier molecular flexibility index (Phi) is 5.76. The van der Waals surface area contributed by atoms with Gasteiger partial charge in [-0.15, -0.1) is 0 Å². The van der Waals surface area contributed by atoms with E-state index in [0.717, 1.165) is 26.2 Å². The molecule has 2 saturated heterocycles. The van der Waals surface area contributed by atoms with Crippen LogP contribution in [0.5, 0.6) is 0 Å². The number of ether oxygens (including phenoxy) is 1. The first-order valence-electron chi connectivity index (χ1n) is 11.1. The third-order valence-electron chi connectivity index (χ3n) is 6.33. The van der Waals surface area contributed by atoms with Gasteiger partial charge in [-0.1, -0.05) is 0 Å². The molecule has 1 atom stereocenters. The summed E-state index contributed by atoms with van der Waals surface area (Å²) in [5.41, 5.74) is 5.61. The zero-order valence-corrected chi connectivity index (χ0v) is 18.1. The van der Waals surface area contributed by atoms with Gasteiger partial charge in [0.1, 0.15) is 5.82 Å². The monoisotopic (exact) mass is 446 g/mol. The summed E-state index contributed by atoms with van der Waals surface area (Å²) in [7, 11) is 0. The van der Waals surface area contributed by atoms with Crippen LogP contribution < -0.4 is 15.5 Å². The Morgan fingerprint density at radius 3 is 2.50 bits per heavy atom. The van der Waals surface area contributed by atoms with Gasteiger partial charge in [0, 0.05) is 56.1 Å². The number of aromatic nitrogens is 4. The van der Waals surface area contributed by atoms with Crippen molar-refractivity contribution in [3.05, 3.63) is 17.8 Å². The Morgan fingerprint density at radius 1 is 1.06 bits per heavy atom. The molecule has 5 rings (SSSR count). The summed E-state index contributed by atoms with van der Waals surface area (Å²) in [5.74, 6) is 1.21. The number of nitrogens with zero attached hydrogens (tertiary/aromatic N) is 7. The summed E-state index contributed by atoms with van der Waals surface area (Å²) >= 11 is 0. The van der Waals surface area contributed by atoms with Crippen LogP contribution in [0.4, 0.5) is 26.5 Å². The van der Waals surface area contributed by atoms with E-state index in [1.807, 2.05) is 11.8 Å². The molecule has 11 heteroatoms. The lowest BCUT2D eigenvalue weighted by molar-refractivity contribution is 0.0981. The van der Waals surface area contributed by atoms with Gasteiger partial charge in [0.2, 0.25) is 11.9 Å². The van der Waals surface area contributed by atoms with Crippen LogP contribution in [0.15, 0.2) is 12.3 Å². The summed E-state index contributed by atoms with van der Waals surface area (Å²) in [6.45, 7) is 7.25. The highest BCUT2D eigenvalue weighted by Crippen LogP contribution is 2.32. The summed E-state index contributed by atoms with van der Waals surface area (Å²) < 4.78 is 33.1. The maximum atomic E-state index is 13.8. The van der Waals surface area contributed by atoms with Crippen molar-refractivity contribution in [1.29, 1.82) is 0 Å². The molecular formula is C21H28F2N8O. The smallest absolute Gasteiger partial charge is 0.264 e. The number of pyridine rings is 1. The number of anilines is 3. The number of nitrogen functional groups attached to an aromatic ring is 1. The highest BCUT2D eigenvalue weighted by molar-refractivity contribution is 5.64. The maximum absolute atomic E-state index is 13.8. The molecule has 2 N–H and O–H groups in total. The normalized spacial score (nSPS) is 22.6. The Balaban J connectivity index is 1.53. The first-order chi connectivity index (χ1) is 15.5. The van der Waals surface area contributed by atoms with E-state index in [4.69, 9.17) is 15.5 Å². The van der Waals surface area contributed by atoms with E-state index in [2.05, 4.69) is 24.8 Å². The molecule has 9 nitrogen and oxygen atoms in total. The lowest BCUT2D eigenvalue weighted by Gasteiger charge is -2.36. The summed E-state index contributed by atoms with van der Waals surface area (Å²) in [5, 5.41) is 0. The molecule has 0 aromatic carbocycles. The summed E-state index contributed by atoms with van der Waals surface area (Å²) in [6.07, 6.45) is 1.15. The van der Waals surface area contributed by atoms with Gasteiger partial charge in [0.15, 0.2) is 5.82 Å². The molecule has 0 radical (unpaired) electrons. The second-order valence-corrected chi connectivity index (χ2v) is 8.63. The molecule has 3 fully saturated rings. The fourth-order valence-corrected chi connectivity index (χ4v) is 4.35. The van der Waals surface area contributed by atoms with E-state index in [1.165, 1.54) is 25.1 Å². The zero-order valence-electron chi connectivity index (χ0n) is 18.1. The van der Waals surface area contributed by atoms with Crippen LogP contribution in [-0.2, 0) is 4.74 Å². The molecule has 4 heterocycles. The van der Waals surface area contributed by atoms with Crippen LogP contribution in [-0.4, -0.2) is 82.9 Å². The van der Waals surface area contributed by atoms with Crippen LogP contribution in [0.2, 0.25) is 0 Å². The highest BCUT2D eigenvalue weighted by atomic mass is 19.3. The Bertz CT molecular complexity index is 965. The van der Waals surface area contributed by atoms with E-state index >= 15 is 0 Å². The van der Waals surface area contributed by atoms with Gasteiger partial charge < -0.3 is 20.3 Å². The summed E-state index contributed by atoms with van der Waals surface area (Å²) in [6, 6.07) is 1.97. The molecule has 32 heavy (non-hydrogen) atoms. The second-order valence-electron chi connectivity index (χ2n) is 8.63. The third-order valence-corrected chi connectivity index (χ3v) is 6.33. The Morgan fingerprint density at radius 2 is 1.81 bits per heavy atom. The first-order valence-corrected chi connectivity index (χ1v) is 11.1. The van der Waals surface area contributed by atoms with E-state index in [1.54, 1.807) is 0 Å². The lowest BCUT2D eigenvalue weighted by Crippen LogP contribution is -2.48. The van der Waals surface area contributed by atoms with Crippen molar-refractivity contribution >= 4 is 17.7 Å². The van der Waals surface area contributed by atoms with Gasteiger partial charge in [-0.05, 0) is 25.8 Å². The minimum absolute atomic E-state index is 0.0385. The van der Waals surface area contributed by atoms with Gasteiger partial charge in [0.25, 0.3) is 6.43 Å². The molecule has 2 aromatic heterocycles. The number of morpholine rings is 1. The summed E-state index contributed by atoms with van der Waals surface area (Å²) in [4.78, 5) is 24.7. The molecule has 3 aliphatic rings. The number of nitrogens with two attached hydrogens (primary N) is 1. The van der Waals surface area contributed by atoms with Crippen molar-refractivity contribution in [2.24, 2.45) is 0 Å². The molecule has 1 aliphatic carbocycles. The second kappa shape index (κ2) is 8.70. The maximum Gasteiger partial charge on any atom is 0.264 e. The van der Waals surface area contributed by atoms with Crippen molar-refractivity contribution in [1.82, 2.24) is 24.8 Å². The van der Waals surface area contributed by atoms with Crippen molar-refractivity contribution in [2.45, 2.75) is 38.3 Å². The average Bonchev–Trinajstić information content (AvgIpc) is 3.65. The predicted molar refractivity (Wildman–Crippen MR) is 117 cm³/mol. The molecule has 0 amide bonds. The fourth-order valence-electron chi connectivity index (χ4n) is 4.35. The molecule has 172 valence electrons. The number of rotatable bonds is 5. The molecule has 2 aromatic rings. The van der Waals surface area contributed by atoms with E-state index < -0.39 is 6.43 Å². The van der Waals surface area contributed by atoms with Crippen LogP contribution in [0.1, 0.15) is 31.8 Å². The van der Waals surface area contributed by atoms with Crippen molar-refractivity contribution in [3.8, 4) is 11.4 Å². The quantitative estimate of drug-likeness (QED) is 0.739. The number of hydrogen-bond acceptors (Lipinski definition) is 9. The van der Waals surface area contributed by atoms with Gasteiger partial charge in [-0.3, -0.25) is 4.90 Å². The van der Waals surface area contributed by atoms with Gasteiger partial charge in [-0.25, -0.2) is 13.8 Å². The van der Waals surface area contributed by atoms with Crippen LogP contribution in [0.25, 0.3) is 11.4 Å². The van der Waals surface area contributed by atoms with Gasteiger partial charge in [-0.2, -0.15) is 15.0 Å². The van der Waals surface area contributed by atoms with E-state index in [-0.39, 0.29) is 28.8 Å². The third kappa shape index (κ3) is 4.31. The van der Waals surface area contributed by atoms with Gasteiger partial charge >= 0.3 is 0 Å². The van der Waals surface area contributed by atoms with Crippen molar-refractivity contribution in [3.63, 3.8) is 0 Å². The first kappa shape index (κ1) is 21.2. The molecular weight excluding hydrogens is 418 g/mol. The lowest BCUT2D eigenvalue weighted by atomic mass is 10.1. The number of piperazine rings is 1. The Labute approximate surface area is 185 Å². The van der Waals surface area contributed by atoms with E-state index in [9.17, 15) is 8.78 Å². The fraction of sp³-hybridized carbons (Fsp3) is 0.619. The van der Waals surface area contributed by atoms with Crippen molar-refractivity contribution < 1.29 is 13.5 Å². The largest absolute Gasteiger partial charge is 0.384 e. The number of hydrogen-bond donors (Lipinski definition) is 1. The number of halogens is 2. The molecule has 2 aliphatic heterocycles. The van der Waals surface area contributed by atoms with E-state index in [0.29, 0.717) is 37.7 Å². The standard InChI is InChI=1S/C21H28F2N8O/c1-13-12-32-9-8-31(13)21-27-19(16-11-25-17(24)10-15(16)18(22)23)26-20(28-21)30-6-4-29(5-7-30)14-2-3-14/h10-11,13-14,18H,2-9,12H2,1H3,(H2,24,25)/t13-/m1/s1. The topological polar surface area (TPSA) is 96.5 Å². The molecule has 1 saturated carbocycles. The number of alkyl halides is 2. The SMILES string of the molecule is C[C@@H]1COCCN1c1nc(-c2cnc(N)cc2C(F)F)nc(N2CCN(C3CC3)CC2)n1. The minimum Gasteiger partial charge on any atom is -0.384 e. The van der Waals surface area contributed by atoms with Crippen molar-refractivity contribution in [2.75, 3.05) is 61.5 Å². The zero-order chi connectivity index (χ0) is 22.2. The predicted octanol–water partition coefficient (Wildman–Crippen LogP) is 1.96. The Hall–Kier alpha value is -2.66.